The molecule has 0 N–H and O–H groups in total. The maximum Gasteiger partial charge on any atom is 0.269 e. The van der Waals surface area contributed by atoms with Crippen LogP contribution in [-0.2, 0) is 14.4 Å². The lowest BCUT2D eigenvalue weighted by molar-refractivity contribution is -0.384. The number of non-ortho nitro benzene ring substituents is 1. The summed E-state index contributed by atoms with van der Waals surface area (Å²) in [4.78, 5) is 50.8. The Morgan fingerprint density at radius 1 is 1.25 bits per heavy atom. The van der Waals surface area contributed by atoms with Gasteiger partial charge in [0.15, 0.2) is 0 Å². The standard InChI is InChI=1S/C20H25N3O5/c1-13(14-6-5-7-15(12-14)23(27)28)21(2)18(24)10-11-22-19(25)16-8-3-4-9-17(16)20(22)26/h5-7,12-13,16-17H,3-4,8-11H2,1-2H3/t13-,16-,17+/m1/s1. The molecule has 3 rings (SSSR count). The van der Waals surface area contributed by atoms with Crippen LogP contribution in [-0.4, -0.2) is 46.0 Å². The summed E-state index contributed by atoms with van der Waals surface area (Å²) in [6, 6.07) is 5.82. The molecule has 1 saturated heterocycles. The van der Waals surface area contributed by atoms with Crippen LogP contribution in [0.5, 0.6) is 0 Å². The smallest absolute Gasteiger partial charge is 0.269 e. The first kappa shape index (κ1) is 20.0. The Hall–Kier alpha value is -2.77. The van der Waals surface area contributed by atoms with Crippen LogP contribution >= 0.6 is 0 Å². The molecular weight excluding hydrogens is 362 g/mol. The maximum absolute atomic E-state index is 12.6. The monoisotopic (exact) mass is 387 g/mol. The van der Waals surface area contributed by atoms with Gasteiger partial charge in [-0.2, -0.15) is 0 Å². The van der Waals surface area contributed by atoms with Gasteiger partial charge in [-0.3, -0.25) is 29.4 Å². The average molecular weight is 387 g/mol. The highest BCUT2D eigenvalue weighted by Crippen LogP contribution is 2.38. The largest absolute Gasteiger partial charge is 0.339 e. The van der Waals surface area contributed by atoms with E-state index in [1.54, 1.807) is 26.1 Å². The molecule has 0 spiro atoms. The Morgan fingerprint density at radius 3 is 2.43 bits per heavy atom. The van der Waals surface area contributed by atoms with Gasteiger partial charge >= 0.3 is 0 Å². The highest BCUT2D eigenvalue weighted by Gasteiger charge is 2.47. The van der Waals surface area contributed by atoms with Crippen LogP contribution in [0.2, 0.25) is 0 Å². The minimum Gasteiger partial charge on any atom is -0.339 e. The van der Waals surface area contributed by atoms with E-state index in [1.807, 2.05) is 0 Å². The Labute approximate surface area is 163 Å². The van der Waals surface area contributed by atoms with E-state index < -0.39 is 4.92 Å². The van der Waals surface area contributed by atoms with Crippen molar-refractivity contribution >= 4 is 23.4 Å². The van der Waals surface area contributed by atoms with E-state index in [9.17, 15) is 24.5 Å². The third-order valence-corrected chi connectivity index (χ3v) is 6.02. The molecular formula is C20H25N3O5. The van der Waals surface area contributed by atoms with Crippen molar-refractivity contribution in [2.75, 3.05) is 13.6 Å². The molecule has 8 nitrogen and oxygen atoms in total. The molecule has 3 atom stereocenters. The highest BCUT2D eigenvalue weighted by atomic mass is 16.6. The second-order valence-corrected chi connectivity index (χ2v) is 7.61. The zero-order valence-corrected chi connectivity index (χ0v) is 16.2. The normalized spacial score (nSPS) is 22.7. The fraction of sp³-hybridized carbons (Fsp3) is 0.550. The molecule has 1 saturated carbocycles. The lowest BCUT2D eigenvalue weighted by Gasteiger charge is -2.26. The molecule has 1 heterocycles. The lowest BCUT2D eigenvalue weighted by atomic mass is 9.81. The number of fused-ring (bicyclic) bond motifs is 1. The molecule has 1 aliphatic carbocycles. The Morgan fingerprint density at radius 2 is 1.86 bits per heavy atom. The van der Waals surface area contributed by atoms with Gasteiger partial charge in [-0.05, 0) is 25.3 Å². The molecule has 1 aromatic carbocycles. The summed E-state index contributed by atoms with van der Waals surface area (Å²) < 4.78 is 0. The SMILES string of the molecule is C[C@H](c1cccc([N+](=O)[O-])c1)N(C)C(=O)CCN1C(=O)[C@H]2CCCC[C@H]2C1=O. The highest BCUT2D eigenvalue weighted by molar-refractivity contribution is 6.05. The molecule has 150 valence electrons. The predicted octanol–water partition coefficient (Wildman–Crippen LogP) is 2.68. The maximum atomic E-state index is 12.6. The zero-order chi connectivity index (χ0) is 20.4. The summed E-state index contributed by atoms with van der Waals surface area (Å²) in [5.41, 5.74) is 0.630. The number of imide groups is 1. The number of hydrogen-bond donors (Lipinski definition) is 0. The summed E-state index contributed by atoms with van der Waals surface area (Å²) in [6.07, 6.45) is 3.49. The first-order chi connectivity index (χ1) is 13.3. The summed E-state index contributed by atoms with van der Waals surface area (Å²) in [5, 5.41) is 11.0. The van der Waals surface area contributed by atoms with Crippen molar-refractivity contribution in [3.63, 3.8) is 0 Å². The van der Waals surface area contributed by atoms with Crippen molar-refractivity contribution in [2.24, 2.45) is 11.8 Å². The van der Waals surface area contributed by atoms with Crippen LogP contribution in [0.4, 0.5) is 5.69 Å². The van der Waals surface area contributed by atoms with Crippen molar-refractivity contribution in [2.45, 2.75) is 45.1 Å². The molecule has 8 heteroatoms. The summed E-state index contributed by atoms with van der Waals surface area (Å²) in [7, 11) is 1.62. The number of nitro groups is 1. The number of carbonyl (C=O) groups is 3. The van der Waals surface area contributed by atoms with Crippen LogP contribution in [0.15, 0.2) is 24.3 Å². The van der Waals surface area contributed by atoms with Crippen molar-refractivity contribution in [1.82, 2.24) is 9.80 Å². The zero-order valence-electron chi connectivity index (χ0n) is 16.2. The summed E-state index contributed by atoms with van der Waals surface area (Å²) in [6.45, 7) is 1.88. The van der Waals surface area contributed by atoms with Gasteiger partial charge in [-0.1, -0.05) is 25.0 Å². The van der Waals surface area contributed by atoms with Crippen LogP contribution in [0.1, 0.15) is 50.6 Å². The quantitative estimate of drug-likeness (QED) is 0.424. The fourth-order valence-electron chi connectivity index (χ4n) is 4.17. The van der Waals surface area contributed by atoms with Gasteiger partial charge < -0.3 is 4.90 Å². The lowest BCUT2D eigenvalue weighted by Crippen LogP contribution is -2.36. The fourth-order valence-corrected chi connectivity index (χ4v) is 4.17. The van der Waals surface area contributed by atoms with E-state index in [4.69, 9.17) is 0 Å². The van der Waals surface area contributed by atoms with Crippen LogP contribution in [0, 0.1) is 22.0 Å². The van der Waals surface area contributed by atoms with E-state index in [0.717, 1.165) is 25.7 Å². The second kappa shape index (κ2) is 8.08. The van der Waals surface area contributed by atoms with Gasteiger partial charge in [-0.25, -0.2) is 0 Å². The molecule has 0 radical (unpaired) electrons. The van der Waals surface area contributed by atoms with E-state index >= 15 is 0 Å². The van der Waals surface area contributed by atoms with Crippen LogP contribution in [0.25, 0.3) is 0 Å². The first-order valence-corrected chi connectivity index (χ1v) is 9.66. The number of amides is 3. The third-order valence-electron chi connectivity index (χ3n) is 6.02. The molecule has 1 aromatic rings. The van der Waals surface area contributed by atoms with Crippen molar-refractivity contribution < 1.29 is 19.3 Å². The Bertz CT molecular complexity index is 785. The van der Waals surface area contributed by atoms with Crippen molar-refractivity contribution in [1.29, 1.82) is 0 Å². The number of likely N-dealkylation sites (tertiary alicyclic amines) is 1. The number of nitro benzene ring substituents is 1. The molecule has 28 heavy (non-hydrogen) atoms. The van der Waals surface area contributed by atoms with Gasteiger partial charge in [0.1, 0.15) is 0 Å². The van der Waals surface area contributed by atoms with E-state index in [-0.39, 0.29) is 54.3 Å². The minimum absolute atomic E-state index is 0.0268. The second-order valence-electron chi connectivity index (χ2n) is 7.61. The predicted molar refractivity (Wildman–Crippen MR) is 101 cm³/mol. The number of hydrogen-bond acceptors (Lipinski definition) is 5. The molecule has 0 bridgehead atoms. The number of carbonyl (C=O) groups excluding carboxylic acids is 3. The van der Waals surface area contributed by atoms with Gasteiger partial charge in [0.05, 0.1) is 22.8 Å². The van der Waals surface area contributed by atoms with Gasteiger partial charge in [0, 0.05) is 32.1 Å². The van der Waals surface area contributed by atoms with E-state index in [2.05, 4.69) is 0 Å². The summed E-state index contributed by atoms with van der Waals surface area (Å²) >= 11 is 0. The number of benzene rings is 1. The molecule has 3 amide bonds. The molecule has 0 aromatic heterocycles. The average Bonchev–Trinajstić information content (AvgIpc) is 2.95. The molecule has 0 unspecified atom stereocenters. The topological polar surface area (TPSA) is 101 Å². The summed E-state index contributed by atoms with van der Waals surface area (Å²) in [5.74, 6) is -0.918. The molecule has 1 aliphatic heterocycles. The number of rotatable bonds is 6. The molecule has 2 fully saturated rings. The van der Waals surface area contributed by atoms with Crippen LogP contribution in [0.3, 0.4) is 0 Å². The van der Waals surface area contributed by atoms with Crippen molar-refractivity contribution in [3.8, 4) is 0 Å². The van der Waals surface area contributed by atoms with Gasteiger partial charge in [0.2, 0.25) is 17.7 Å². The van der Waals surface area contributed by atoms with Gasteiger partial charge in [-0.15, -0.1) is 0 Å². The van der Waals surface area contributed by atoms with Crippen LogP contribution < -0.4 is 0 Å². The molecule has 2 aliphatic rings. The van der Waals surface area contributed by atoms with Crippen molar-refractivity contribution in [3.05, 3.63) is 39.9 Å². The van der Waals surface area contributed by atoms with Gasteiger partial charge in [0.25, 0.3) is 5.69 Å². The number of nitrogens with zero attached hydrogens (tertiary/aromatic N) is 3. The minimum atomic E-state index is -0.470. The third kappa shape index (κ3) is 3.76. The van der Waals surface area contributed by atoms with E-state index in [1.165, 1.54) is 21.9 Å². The first-order valence-electron chi connectivity index (χ1n) is 9.66. The van der Waals surface area contributed by atoms with E-state index in [0.29, 0.717) is 5.56 Å². The Kier molecular flexibility index (Phi) is 5.76. The Balaban J connectivity index is 1.61.